The highest BCUT2D eigenvalue weighted by atomic mass is 16.1. The number of hydrogen-bond donors (Lipinski definition) is 2. The van der Waals surface area contributed by atoms with Gasteiger partial charge in [-0.15, -0.1) is 0 Å². The predicted molar refractivity (Wildman–Crippen MR) is 103 cm³/mol. The first kappa shape index (κ1) is 17.0. The summed E-state index contributed by atoms with van der Waals surface area (Å²) in [5.74, 6) is -0.0137. The first-order valence-electron chi connectivity index (χ1n) is 8.72. The van der Waals surface area contributed by atoms with E-state index in [-0.39, 0.29) is 5.91 Å². The van der Waals surface area contributed by atoms with Gasteiger partial charge in [-0.05, 0) is 43.9 Å². The van der Waals surface area contributed by atoms with Crippen LogP contribution < -0.4 is 5.32 Å². The van der Waals surface area contributed by atoms with Gasteiger partial charge in [0, 0.05) is 17.9 Å². The van der Waals surface area contributed by atoms with Crippen LogP contribution in [0.3, 0.4) is 0 Å². The lowest BCUT2D eigenvalue weighted by atomic mass is 10.1. The number of carbonyl (C=O) groups excluding carboxylic acids is 1. The molecule has 25 heavy (non-hydrogen) atoms. The van der Waals surface area contributed by atoms with Crippen LogP contribution >= 0.6 is 0 Å². The SMILES string of the molecule is Cc1ccc(-c2cc(C(=O)NCCCc3ccccc3)c(C)[nH]2)cc1. The molecule has 1 heterocycles. The molecular formula is C22H24N2O. The summed E-state index contributed by atoms with van der Waals surface area (Å²) in [7, 11) is 0. The molecule has 2 N–H and O–H groups in total. The lowest BCUT2D eigenvalue weighted by molar-refractivity contribution is 0.0953. The number of aryl methyl sites for hydroxylation is 3. The fourth-order valence-corrected chi connectivity index (χ4v) is 2.92. The third-order valence-electron chi connectivity index (χ3n) is 4.39. The Labute approximate surface area is 149 Å². The van der Waals surface area contributed by atoms with Crippen molar-refractivity contribution in [1.82, 2.24) is 10.3 Å². The highest BCUT2D eigenvalue weighted by Crippen LogP contribution is 2.22. The van der Waals surface area contributed by atoms with Gasteiger partial charge >= 0.3 is 0 Å². The molecule has 0 aliphatic heterocycles. The van der Waals surface area contributed by atoms with Crippen LogP contribution in [0.1, 0.15) is 33.6 Å². The molecule has 0 saturated carbocycles. The molecule has 0 unspecified atom stereocenters. The van der Waals surface area contributed by atoms with Crippen LogP contribution in [-0.2, 0) is 6.42 Å². The fraction of sp³-hybridized carbons (Fsp3) is 0.227. The second-order valence-corrected chi connectivity index (χ2v) is 6.43. The molecule has 3 nitrogen and oxygen atoms in total. The molecule has 0 aliphatic carbocycles. The van der Waals surface area contributed by atoms with Crippen LogP contribution in [0, 0.1) is 13.8 Å². The molecule has 2 aromatic carbocycles. The molecule has 0 aliphatic rings. The zero-order valence-corrected chi connectivity index (χ0v) is 14.8. The molecule has 3 heteroatoms. The fourth-order valence-electron chi connectivity index (χ4n) is 2.92. The molecule has 1 aromatic heterocycles. The van der Waals surface area contributed by atoms with E-state index < -0.39 is 0 Å². The first-order chi connectivity index (χ1) is 12.1. The summed E-state index contributed by atoms with van der Waals surface area (Å²) in [4.78, 5) is 15.8. The minimum atomic E-state index is -0.0137. The van der Waals surface area contributed by atoms with Crippen molar-refractivity contribution in [3.8, 4) is 11.3 Å². The van der Waals surface area contributed by atoms with Gasteiger partial charge in [0.2, 0.25) is 0 Å². The minimum absolute atomic E-state index is 0.0137. The van der Waals surface area contributed by atoms with Gasteiger partial charge in [-0.2, -0.15) is 0 Å². The maximum Gasteiger partial charge on any atom is 0.253 e. The van der Waals surface area contributed by atoms with E-state index in [1.807, 2.05) is 31.2 Å². The smallest absolute Gasteiger partial charge is 0.253 e. The zero-order chi connectivity index (χ0) is 17.6. The lowest BCUT2D eigenvalue weighted by Crippen LogP contribution is -2.25. The molecular weight excluding hydrogens is 308 g/mol. The van der Waals surface area contributed by atoms with Gasteiger partial charge in [0.15, 0.2) is 0 Å². The second kappa shape index (κ2) is 7.84. The standard InChI is InChI=1S/C22H24N2O/c1-16-10-12-19(13-11-16)21-15-20(17(2)24-21)22(25)23-14-6-9-18-7-4-3-5-8-18/h3-5,7-8,10-13,15,24H,6,9,14H2,1-2H3,(H,23,25). The number of carbonyl (C=O) groups is 1. The van der Waals surface area contributed by atoms with Crippen molar-refractivity contribution in [1.29, 1.82) is 0 Å². The van der Waals surface area contributed by atoms with Gasteiger partial charge in [0.05, 0.1) is 5.56 Å². The Morgan fingerprint density at radius 3 is 2.44 bits per heavy atom. The second-order valence-electron chi connectivity index (χ2n) is 6.43. The third kappa shape index (κ3) is 4.38. The Bertz CT molecular complexity index is 832. The summed E-state index contributed by atoms with van der Waals surface area (Å²) in [6.07, 6.45) is 1.91. The van der Waals surface area contributed by atoms with Gasteiger partial charge in [0.1, 0.15) is 0 Å². The Morgan fingerprint density at radius 2 is 1.72 bits per heavy atom. The molecule has 128 valence electrons. The Hall–Kier alpha value is -2.81. The van der Waals surface area contributed by atoms with E-state index >= 15 is 0 Å². The van der Waals surface area contributed by atoms with Crippen molar-refractivity contribution in [2.24, 2.45) is 0 Å². The molecule has 1 amide bonds. The number of H-pyrrole nitrogens is 1. The van der Waals surface area contributed by atoms with Crippen molar-refractivity contribution >= 4 is 5.91 Å². The molecule has 0 bridgehead atoms. The summed E-state index contributed by atoms with van der Waals surface area (Å²) < 4.78 is 0. The van der Waals surface area contributed by atoms with E-state index in [1.54, 1.807) is 0 Å². The number of aromatic nitrogens is 1. The van der Waals surface area contributed by atoms with Gasteiger partial charge < -0.3 is 10.3 Å². The van der Waals surface area contributed by atoms with Gasteiger partial charge in [-0.3, -0.25) is 4.79 Å². The van der Waals surface area contributed by atoms with Crippen LogP contribution in [0.15, 0.2) is 60.7 Å². The number of aromatic amines is 1. The summed E-state index contributed by atoms with van der Waals surface area (Å²) >= 11 is 0. The summed E-state index contributed by atoms with van der Waals surface area (Å²) in [5.41, 5.74) is 6.22. The molecule has 0 radical (unpaired) electrons. The van der Waals surface area contributed by atoms with E-state index in [0.29, 0.717) is 6.54 Å². The van der Waals surface area contributed by atoms with E-state index in [2.05, 4.69) is 53.6 Å². The normalized spacial score (nSPS) is 10.6. The molecule has 0 spiro atoms. The highest BCUT2D eigenvalue weighted by Gasteiger charge is 2.13. The summed E-state index contributed by atoms with van der Waals surface area (Å²) in [5, 5.41) is 3.03. The van der Waals surface area contributed by atoms with E-state index in [9.17, 15) is 4.79 Å². The maximum atomic E-state index is 12.4. The van der Waals surface area contributed by atoms with Crippen molar-refractivity contribution in [3.63, 3.8) is 0 Å². The quantitative estimate of drug-likeness (QED) is 0.634. The largest absolute Gasteiger partial charge is 0.358 e. The number of benzene rings is 2. The van der Waals surface area contributed by atoms with E-state index in [4.69, 9.17) is 0 Å². The van der Waals surface area contributed by atoms with E-state index in [1.165, 1.54) is 11.1 Å². The average Bonchev–Trinajstić information content (AvgIpc) is 3.02. The van der Waals surface area contributed by atoms with Gasteiger partial charge in [-0.25, -0.2) is 0 Å². The van der Waals surface area contributed by atoms with Gasteiger partial charge in [0.25, 0.3) is 5.91 Å². The first-order valence-corrected chi connectivity index (χ1v) is 8.72. The monoisotopic (exact) mass is 332 g/mol. The van der Waals surface area contributed by atoms with Crippen LogP contribution in [0.4, 0.5) is 0 Å². The van der Waals surface area contributed by atoms with Crippen molar-refractivity contribution in [2.45, 2.75) is 26.7 Å². The molecule has 3 rings (SSSR count). The predicted octanol–water partition coefficient (Wildman–Crippen LogP) is 4.66. The maximum absolute atomic E-state index is 12.4. The van der Waals surface area contributed by atoms with Crippen LogP contribution in [0.5, 0.6) is 0 Å². The average molecular weight is 332 g/mol. The molecule has 0 atom stereocenters. The van der Waals surface area contributed by atoms with Crippen LogP contribution in [0.25, 0.3) is 11.3 Å². The number of hydrogen-bond acceptors (Lipinski definition) is 1. The van der Waals surface area contributed by atoms with Crippen molar-refractivity contribution in [2.75, 3.05) is 6.54 Å². The highest BCUT2D eigenvalue weighted by molar-refractivity contribution is 5.96. The lowest BCUT2D eigenvalue weighted by Gasteiger charge is -2.05. The van der Waals surface area contributed by atoms with Crippen LogP contribution in [0.2, 0.25) is 0 Å². The van der Waals surface area contributed by atoms with E-state index in [0.717, 1.165) is 35.4 Å². The summed E-state index contributed by atoms with van der Waals surface area (Å²) in [6, 6.07) is 20.6. The minimum Gasteiger partial charge on any atom is -0.358 e. The number of rotatable bonds is 6. The summed E-state index contributed by atoms with van der Waals surface area (Å²) in [6.45, 7) is 4.69. The molecule has 0 saturated heterocycles. The number of amides is 1. The Balaban J connectivity index is 1.58. The topological polar surface area (TPSA) is 44.9 Å². The zero-order valence-electron chi connectivity index (χ0n) is 14.8. The molecule has 0 fully saturated rings. The molecule has 3 aromatic rings. The van der Waals surface area contributed by atoms with Gasteiger partial charge in [-0.1, -0.05) is 60.2 Å². The third-order valence-corrected chi connectivity index (χ3v) is 4.39. The van der Waals surface area contributed by atoms with Crippen molar-refractivity contribution < 1.29 is 4.79 Å². The number of nitrogens with one attached hydrogen (secondary N) is 2. The Morgan fingerprint density at radius 1 is 1.00 bits per heavy atom. The van der Waals surface area contributed by atoms with Crippen molar-refractivity contribution in [3.05, 3.63) is 83.0 Å². The van der Waals surface area contributed by atoms with Crippen LogP contribution in [-0.4, -0.2) is 17.4 Å². The Kier molecular flexibility index (Phi) is 5.34.